The first kappa shape index (κ1) is 19.4. The van der Waals surface area contributed by atoms with Gasteiger partial charge in [0.15, 0.2) is 5.52 Å². The molecule has 0 radical (unpaired) electrons. The Morgan fingerprint density at radius 1 is 0.833 bits per heavy atom. The number of benzene rings is 1. The van der Waals surface area contributed by atoms with Crippen LogP contribution in [0.3, 0.4) is 0 Å². The Balaban J connectivity index is 1.89. The van der Waals surface area contributed by atoms with Crippen molar-refractivity contribution in [3.05, 3.63) is 93.0 Å². The fourth-order valence-electron chi connectivity index (χ4n) is 3.33. The molecule has 3 heterocycles. The number of hydrogen-bond acceptors (Lipinski definition) is 6. The standard InChI is InChI=1S/C22H20N4O4/c1-29-17-10-15(11-18(12-17)30-2)13-25-19-7-5-9-24-20(19)21(27)26(22(25)28)14-16-6-3-4-8-23-16/h3-12H,13-14H2,1-2H3. The minimum atomic E-state index is -0.444. The van der Waals surface area contributed by atoms with Gasteiger partial charge in [-0.1, -0.05) is 6.07 Å². The number of ether oxygens (including phenoxy) is 2. The minimum absolute atomic E-state index is 0.0620. The molecule has 0 amide bonds. The quantitative estimate of drug-likeness (QED) is 0.489. The molecule has 0 saturated carbocycles. The maximum absolute atomic E-state index is 13.3. The van der Waals surface area contributed by atoms with Crippen LogP contribution in [0.5, 0.6) is 11.5 Å². The second kappa shape index (κ2) is 8.20. The molecule has 8 nitrogen and oxygen atoms in total. The zero-order valence-corrected chi connectivity index (χ0v) is 16.6. The van der Waals surface area contributed by atoms with Crippen LogP contribution < -0.4 is 20.7 Å². The van der Waals surface area contributed by atoms with Gasteiger partial charge >= 0.3 is 5.69 Å². The lowest BCUT2D eigenvalue weighted by atomic mass is 10.2. The monoisotopic (exact) mass is 404 g/mol. The summed E-state index contributed by atoms with van der Waals surface area (Å²) in [6, 6.07) is 14.2. The van der Waals surface area contributed by atoms with E-state index in [0.717, 1.165) is 10.1 Å². The topological polar surface area (TPSA) is 88.2 Å². The number of pyridine rings is 2. The molecule has 0 fully saturated rings. The summed E-state index contributed by atoms with van der Waals surface area (Å²) in [6.07, 6.45) is 3.17. The summed E-state index contributed by atoms with van der Waals surface area (Å²) < 4.78 is 13.4. The Morgan fingerprint density at radius 2 is 1.57 bits per heavy atom. The third-order valence-corrected chi connectivity index (χ3v) is 4.78. The molecule has 0 atom stereocenters. The number of rotatable bonds is 6. The fraction of sp³-hybridized carbons (Fsp3) is 0.182. The number of hydrogen-bond donors (Lipinski definition) is 0. The average molecular weight is 404 g/mol. The van der Waals surface area contributed by atoms with Gasteiger partial charge in [0.05, 0.1) is 38.5 Å². The predicted molar refractivity (Wildman–Crippen MR) is 112 cm³/mol. The molecular formula is C22H20N4O4. The molecule has 0 aliphatic heterocycles. The molecule has 0 spiro atoms. The molecular weight excluding hydrogens is 384 g/mol. The summed E-state index contributed by atoms with van der Waals surface area (Å²) in [4.78, 5) is 34.8. The van der Waals surface area contributed by atoms with Gasteiger partial charge in [-0.3, -0.25) is 18.9 Å². The highest BCUT2D eigenvalue weighted by Crippen LogP contribution is 2.23. The van der Waals surface area contributed by atoms with E-state index in [1.165, 1.54) is 10.8 Å². The lowest BCUT2D eigenvalue weighted by Crippen LogP contribution is -2.41. The van der Waals surface area contributed by atoms with E-state index in [1.807, 2.05) is 18.2 Å². The minimum Gasteiger partial charge on any atom is -0.497 e. The van der Waals surface area contributed by atoms with Crippen LogP contribution in [0.2, 0.25) is 0 Å². The molecule has 0 unspecified atom stereocenters. The van der Waals surface area contributed by atoms with E-state index < -0.39 is 11.2 Å². The van der Waals surface area contributed by atoms with Crippen LogP contribution in [-0.2, 0) is 13.1 Å². The van der Waals surface area contributed by atoms with Gasteiger partial charge in [0, 0.05) is 18.5 Å². The van der Waals surface area contributed by atoms with Crippen molar-refractivity contribution in [2.45, 2.75) is 13.1 Å². The van der Waals surface area contributed by atoms with Crippen LogP contribution in [0.15, 0.2) is 70.5 Å². The lowest BCUT2D eigenvalue weighted by molar-refractivity contribution is 0.393. The van der Waals surface area contributed by atoms with Crippen LogP contribution in [0.25, 0.3) is 11.0 Å². The van der Waals surface area contributed by atoms with E-state index >= 15 is 0 Å². The Kier molecular flexibility index (Phi) is 5.30. The van der Waals surface area contributed by atoms with E-state index in [9.17, 15) is 9.59 Å². The van der Waals surface area contributed by atoms with Crippen LogP contribution in [0.4, 0.5) is 0 Å². The molecule has 30 heavy (non-hydrogen) atoms. The summed E-state index contributed by atoms with van der Waals surface area (Å²) in [6.45, 7) is 0.281. The Hall–Kier alpha value is -3.94. The zero-order valence-electron chi connectivity index (χ0n) is 16.6. The summed E-state index contributed by atoms with van der Waals surface area (Å²) in [7, 11) is 3.13. The molecule has 0 saturated heterocycles. The van der Waals surface area contributed by atoms with E-state index in [4.69, 9.17) is 9.47 Å². The van der Waals surface area contributed by atoms with Crippen LogP contribution >= 0.6 is 0 Å². The van der Waals surface area contributed by atoms with Crippen molar-refractivity contribution < 1.29 is 9.47 Å². The van der Waals surface area contributed by atoms with Gasteiger partial charge in [-0.05, 0) is 42.0 Å². The third kappa shape index (κ3) is 3.67. The van der Waals surface area contributed by atoms with Gasteiger partial charge in [0.1, 0.15) is 11.5 Å². The van der Waals surface area contributed by atoms with Crippen molar-refractivity contribution in [3.8, 4) is 11.5 Å². The molecule has 152 valence electrons. The molecule has 0 bridgehead atoms. The van der Waals surface area contributed by atoms with E-state index in [2.05, 4.69) is 9.97 Å². The average Bonchev–Trinajstić information content (AvgIpc) is 2.80. The first-order chi connectivity index (χ1) is 14.6. The molecule has 0 N–H and O–H groups in total. The van der Waals surface area contributed by atoms with Gasteiger partial charge in [-0.25, -0.2) is 9.78 Å². The summed E-state index contributed by atoms with van der Waals surface area (Å²) in [5.74, 6) is 1.23. The Morgan fingerprint density at radius 3 is 2.23 bits per heavy atom. The molecule has 0 aliphatic rings. The molecule has 8 heteroatoms. The van der Waals surface area contributed by atoms with E-state index in [0.29, 0.717) is 22.7 Å². The van der Waals surface area contributed by atoms with Gasteiger partial charge in [-0.15, -0.1) is 0 Å². The number of fused-ring (bicyclic) bond motifs is 1. The number of methoxy groups -OCH3 is 2. The van der Waals surface area contributed by atoms with Gasteiger partial charge < -0.3 is 9.47 Å². The highest BCUT2D eigenvalue weighted by atomic mass is 16.5. The normalized spacial score (nSPS) is 10.9. The predicted octanol–water partition coefficient (Wildman–Crippen LogP) is 2.07. The van der Waals surface area contributed by atoms with Crippen LogP contribution in [0.1, 0.15) is 11.3 Å². The maximum Gasteiger partial charge on any atom is 0.332 e. The maximum atomic E-state index is 13.3. The summed E-state index contributed by atoms with van der Waals surface area (Å²) in [5, 5.41) is 0. The number of aromatic nitrogens is 4. The van der Waals surface area contributed by atoms with Crippen molar-refractivity contribution in [1.29, 1.82) is 0 Å². The highest BCUT2D eigenvalue weighted by Gasteiger charge is 2.15. The zero-order chi connectivity index (χ0) is 21.1. The highest BCUT2D eigenvalue weighted by molar-refractivity contribution is 5.73. The van der Waals surface area contributed by atoms with Gasteiger partial charge in [0.25, 0.3) is 5.56 Å². The molecule has 3 aromatic heterocycles. The van der Waals surface area contributed by atoms with Crippen LogP contribution in [0, 0.1) is 0 Å². The van der Waals surface area contributed by atoms with Crippen molar-refractivity contribution in [1.82, 2.24) is 19.1 Å². The fourth-order valence-corrected chi connectivity index (χ4v) is 3.33. The lowest BCUT2D eigenvalue weighted by Gasteiger charge is -2.15. The first-order valence-electron chi connectivity index (χ1n) is 9.31. The summed E-state index contributed by atoms with van der Waals surface area (Å²) >= 11 is 0. The van der Waals surface area contributed by atoms with Crippen LogP contribution in [-0.4, -0.2) is 33.3 Å². The van der Waals surface area contributed by atoms with Crippen molar-refractivity contribution in [3.63, 3.8) is 0 Å². The van der Waals surface area contributed by atoms with E-state index in [-0.39, 0.29) is 18.6 Å². The van der Waals surface area contributed by atoms with Gasteiger partial charge in [0.2, 0.25) is 0 Å². The Labute approximate surface area is 172 Å². The van der Waals surface area contributed by atoms with Crippen molar-refractivity contribution >= 4 is 11.0 Å². The largest absolute Gasteiger partial charge is 0.497 e. The second-order valence-electron chi connectivity index (χ2n) is 6.67. The summed E-state index contributed by atoms with van der Waals surface area (Å²) in [5.41, 5.74) is 1.21. The molecule has 4 aromatic rings. The first-order valence-corrected chi connectivity index (χ1v) is 9.31. The number of nitrogens with zero attached hydrogens (tertiary/aromatic N) is 4. The Bertz CT molecular complexity index is 1290. The molecule has 1 aromatic carbocycles. The van der Waals surface area contributed by atoms with Gasteiger partial charge in [-0.2, -0.15) is 0 Å². The molecule has 4 rings (SSSR count). The smallest absolute Gasteiger partial charge is 0.332 e. The van der Waals surface area contributed by atoms with E-state index in [1.54, 1.807) is 50.7 Å². The molecule has 0 aliphatic carbocycles. The third-order valence-electron chi connectivity index (χ3n) is 4.78. The SMILES string of the molecule is COc1cc(Cn2c(=O)n(Cc3ccccn3)c(=O)c3ncccc32)cc(OC)c1. The van der Waals surface area contributed by atoms with Crippen molar-refractivity contribution in [2.75, 3.05) is 14.2 Å². The second-order valence-corrected chi connectivity index (χ2v) is 6.67. The van der Waals surface area contributed by atoms with Crippen molar-refractivity contribution in [2.24, 2.45) is 0 Å².